The molecule has 0 saturated carbocycles. The lowest BCUT2D eigenvalue weighted by atomic mass is 9.96. The maximum Gasteiger partial charge on any atom is 0.125 e. The van der Waals surface area contributed by atoms with E-state index in [-0.39, 0.29) is 0 Å². The zero-order valence-corrected chi connectivity index (χ0v) is 10.6. The summed E-state index contributed by atoms with van der Waals surface area (Å²) in [5, 5.41) is 0. The van der Waals surface area contributed by atoms with Crippen molar-refractivity contribution in [1.82, 2.24) is 0 Å². The van der Waals surface area contributed by atoms with Gasteiger partial charge in [0.1, 0.15) is 5.75 Å². The average molecular weight is 219 g/mol. The predicted octanol–water partition coefficient (Wildman–Crippen LogP) is 3.10. The maximum atomic E-state index is 5.46. The van der Waals surface area contributed by atoms with Gasteiger partial charge in [-0.2, -0.15) is 0 Å². The standard InChI is InChI=1S/C14H21NO/c1-10(2)13-9-12(6-5-7-15)8-11(3)14(13)16-4/h5-6,8-10H,7,15H2,1-4H3/b6-5+. The van der Waals surface area contributed by atoms with Gasteiger partial charge in [-0.3, -0.25) is 0 Å². The summed E-state index contributed by atoms with van der Waals surface area (Å²) in [4.78, 5) is 0. The van der Waals surface area contributed by atoms with Gasteiger partial charge in [0, 0.05) is 6.54 Å². The first kappa shape index (κ1) is 12.8. The summed E-state index contributed by atoms with van der Waals surface area (Å²) in [6.45, 7) is 6.99. The molecule has 0 radical (unpaired) electrons. The highest BCUT2D eigenvalue weighted by Crippen LogP contribution is 2.31. The molecule has 0 aromatic heterocycles. The van der Waals surface area contributed by atoms with Gasteiger partial charge in [0.15, 0.2) is 0 Å². The molecule has 0 aliphatic carbocycles. The van der Waals surface area contributed by atoms with Gasteiger partial charge in [-0.05, 0) is 41.7 Å². The van der Waals surface area contributed by atoms with Crippen LogP contribution in [0.2, 0.25) is 0 Å². The quantitative estimate of drug-likeness (QED) is 0.844. The van der Waals surface area contributed by atoms with E-state index in [1.165, 1.54) is 16.7 Å². The monoisotopic (exact) mass is 219 g/mol. The van der Waals surface area contributed by atoms with Crippen molar-refractivity contribution in [3.8, 4) is 5.75 Å². The first-order valence-electron chi connectivity index (χ1n) is 5.65. The average Bonchev–Trinajstić information content (AvgIpc) is 2.25. The normalized spacial score (nSPS) is 11.4. The zero-order chi connectivity index (χ0) is 12.1. The topological polar surface area (TPSA) is 35.2 Å². The lowest BCUT2D eigenvalue weighted by molar-refractivity contribution is 0.404. The molecular weight excluding hydrogens is 198 g/mol. The molecule has 0 spiro atoms. The highest BCUT2D eigenvalue weighted by molar-refractivity contribution is 5.57. The third-order valence-corrected chi connectivity index (χ3v) is 2.60. The minimum absolute atomic E-state index is 0.458. The van der Waals surface area contributed by atoms with Crippen molar-refractivity contribution in [2.24, 2.45) is 5.73 Å². The maximum absolute atomic E-state index is 5.46. The molecule has 1 aromatic carbocycles. The Bertz CT molecular complexity index is 381. The summed E-state index contributed by atoms with van der Waals surface area (Å²) in [5.41, 5.74) is 9.07. The predicted molar refractivity (Wildman–Crippen MR) is 69.9 cm³/mol. The Morgan fingerprint density at radius 2 is 2.06 bits per heavy atom. The van der Waals surface area contributed by atoms with E-state index < -0.39 is 0 Å². The second-order valence-electron chi connectivity index (χ2n) is 4.25. The number of nitrogens with two attached hydrogens (primary N) is 1. The van der Waals surface area contributed by atoms with Gasteiger partial charge >= 0.3 is 0 Å². The molecule has 0 fully saturated rings. The van der Waals surface area contributed by atoms with Crippen LogP contribution >= 0.6 is 0 Å². The van der Waals surface area contributed by atoms with E-state index in [1.807, 2.05) is 6.08 Å². The van der Waals surface area contributed by atoms with Crippen molar-refractivity contribution in [3.05, 3.63) is 34.9 Å². The largest absolute Gasteiger partial charge is 0.496 e. The van der Waals surface area contributed by atoms with Crippen molar-refractivity contribution in [3.63, 3.8) is 0 Å². The lowest BCUT2D eigenvalue weighted by Gasteiger charge is -2.15. The molecule has 88 valence electrons. The van der Waals surface area contributed by atoms with Crippen LogP contribution in [0.15, 0.2) is 18.2 Å². The molecule has 2 N–H and O–H groups in total. The Kier molecular flexibility index (Phi) is 4.56. The summed E-state index contributed by atoms with van der Waals surface area (Å²) in [7, 11) is 1.73. The van der Waals surface area contributed by atoms with Crippen LogP contribution in [0, 0.1) is 6.92 Å². The molecule has 0 bridgehead atoms. The van der Waals surface area contributed by atoms with Crippen LogP contribution in [0.4, 0.5) is 0 Å². The molecule has 16 heavy (non-hydrogen) atoms. The van der Waals surface area contributed by atoms with Gasteiger partial charge in [0.2, 0.25) is 0 Å². The van der Waals surface area contributed by atoms with E-state index in [0.717, 1.165) is 5.75 Å². The van der Waals surface area contributed by atoms with E-state index in [9.17, 15) is 0 Å². The third-order valence-electron chi connectivity index (χ3n) is 2.60. The van der Waals surface area contributed by atoms with Gasteiger partial charge < -0.3 is 10.5 Å². The number of benzene rings is 1. The number of hydrogen-bond acceptors (Lipinski definition) is 2. The Morgan fingerprint density at radius 1 is 1.38 bits per heavy atom. The second kappa shape index (κ2) is 5.71. The van der Waals surface area contributed by atoms with E-state index in [4.69, 9.17) is 10.5 Å². The number of rotatable bonds is 4. The Balaban J connectivity index is 3.22. The van der Waals surface area contributed by atoms with E-state index in [2.05, 4.69) is 39.0 Å². The molecule has 0 aliphatic rings. The molecule has 0 amide bonds. The van der Waals surface area contributed by atoms with Crippen LogP contribution in [0.1, 0.15) is 36.5 Å². The molecule has 0 unspecified atom stereocenters. The van der Waals surface area contributed by atoms with Gasteiger partial charge in [-0.25, -0.2) is 0 Å². The zero-order valence-electron chi connectivity index (χ0n) is 10.6. The minimum Gasteiger partial charge on any atom is -0.496 e. The number of hydrogen-bond donors (Lipinski definition) is 1. The number of ether oxygens (including phenoxy) is 1. The summed E-state index contributed by atoms with van der Waals surface area (Å²) >= 11 is 0. The fourth-order valence-electron chi connectivity index (χ4n) is 1.84. The van der Waals surface area contributed by atoms with Gasteiger partial charge in [0.25, 0.3) is 0 Å². The molecule has 0 heterocycles. The van der Waals surface area contributed by atoms with Crippen molar-refractivity contribution < 1.29 is 4.74 Å². The molecule has 0 atom stereocenters. The highest BCUT2D eigenvalue weighted by atomic mass is 16.5. The molecule has 1 rings (SSSR count). The van der Waals surface area contributed by atoms with E-state index in [1.54, 1.807) is 7.11 Å². The highest BCUT2D eigenvalue weighted by Gasteiger charge is 2.10. The summed E-state index contributed by atoms with van der Waals surface area (Å²) < 4.78 is 5.45. The van der Waals surface area contributed by atoms with Gasteiger partial charge in [-0.15, -0.1) is 0 Å². The van der Waals surface area contributed by atoms with Crippen LogP contribution < -0.4 is 10.5 Å². The summed E-state index contributed by atoms with van der Waals surface area (Å²) in [5.74, 6) is 1.46. The third kappa shape index (κ3) is 2.86. The minimum atomic E-state index is 0.458. The van der Waals surface area contributed by atoms with Crippen molar-refractivity contribution >= 4 is 6.08 Å². The Morgan fingerprint density at radius 3 is 2.56 bits per heavy atom. The number of methoxy groups -OCH3 is 1. The second-order valence-corrected chi connectivity index (χ2v) is 4.25. The van der Waals surface area contributed by atoms with Crippen molar-refractivity contribution in [2.45, 2.75) is 26.7 Å². The van der Waals surface area contributed by atoms with E-state index >= 15 is 0 Å². The van der Waals surface area contributed by atoms with Crippen LogP contribution in [-0.4, -0.2) is 13.7 Å². The van der Waals surface area contributed by atoms with Crippen LogP contribution in [0.5, 0.6) is 5.75 Å². The summed E-state index contributed by atoms with van der Waals surface area (Å²) in [6.07, 6.45) is 4.02. The molecule has 2 nitrogen and oxygen atoms in total. The van der Waals surface area contributed by atoms with Crippen LogP contribution in [0.25, 0.3) is 6.08 Å². The van der Waals surface area contributed by atoms with Crippen LogP contribution in [-0.2, 0) is 0 Å². The smallest absolute Gasteiger partial charge is 0.125 e. The molecule has 2 heteroatoms. The first-order valence-corrected chi connectivity index (χ1v) is 5.65. The number of aryl methyl sites for hydroxylation is 1. The van der Waals surface area contributed by atoms with Crippen LogP contribution in [0.3, 0.4) is 0 Å². The Labute approximate surface area is 98.1 Å². The first-order chi connectivity index (χ1) is 7.60. The SMILES string of the molecule is COc1c(C)cc(/C=C/CN)cc1C(C)C. The fraction of sp³-hybridized carbons (Fsp3) is 0.429. The molecule has 1 aromatic rings. The van der Waals surface area contributed by atoms with E-state index in [0.29, 0.717) is 12.5 Å². The Hall–Kier alpha value is -1.28. The van der Waals surface area contributed by atoms with Crippen molar-refractivity contribution in [1.29, 1.82) is 0 Å². The van der Waals surface area contributed by atoms with Gasteiger partial charge in [-0.1, -0.05) is 26.0 Å². The van der Waals surface area contributed by atoms with Crippen molar-refractivity contribution in [2.75, 3.05) is 13.7 Å². The summed E-state index contributed by atoms with van der Waals surface area (Å²) in [6, 6.07) is 4.29. The fourth-order valence-corrected chi connectivity index (χ4v) is 1.84. The van der Waals surface area contributed by atoms with Gasteiger partial charge in [0.05, 0.1) is 7.11 Å². The lowest BCUT2D eigenvalue weighted by Crippen LogP contribution is -1.98. The molecule has 0 aliphatic heterocycles. The molecular formula is C14H21NO. The molecule has 0 saturated heterocycles.